The molecule has 0 bridgehead atoms. The number of aromatic nitrogens is 1. The van der Waals surface area contributed by atoms with Crippen molar-refractivity contribution in [2.45, 2.75) is 6.54 Å². The van der Waals surface area contributed by atoms with Crippen LogP contribution in [0, 0.1) is 0 Å². The van der Waals surface area contributed by atoms with Crippen LogP contribution in [0.3, 0.4) is 0 Å². The van der Waals surface area contributed by atoms with E-state index in [-0.39, 0.29) is 6.03 Å². The van der Waals surface area contributed by atoms with Crippen molar-refractivity contribution < 1.29 is 4.79 Å². The van der Waals surface area contributed by atoms with Gasteiger partial charge in [0.15, 0.2) is 0 Å². The highest BCUT2D eigenvalue weighted by atomic mass is 32.1. The van der Waals surface area contributed by atoms with E-state index in [1.54, 1.807) is 23.7 Å². The summed E-state index contributed by atoms with van der Waals surface area (Å²) in [6.45, 7) is 0.458. The van der Waals surface area contributed by atoms with Crippen molar-refractivity contribution in [1.82, 2.24) is 10.3 Å². The smallest absolute Gasteiger partial charge is 0.319 e. The van der Waals surface area contributed by atoms with Crippen LogP contribution in [0.4, 0.5) is 10.5 Å². The van der Waals surface area contributed by atoms with Gasteiger partial charge in [0, 0.05) is 18.9 Å². The minimum atomic E-state index is -0.213. The molecular weight excluding hydrogens is 270 g/mol. The molecule has 0 atom stereocenters. The van der Waals surface area contributed by atoms with Gasteiger partial charge in [0.2, 0.25) is 0 Å². The van der Waals surface area contributed by atoms with Crippen molar-refractivity contribution in [2.75, 3.05) is 5.32 Å². The highest BCUT2D eigenvalue weighted by molar-refractivity contribution is 7.17. The average Bonchev–Trinajstić information content (AvgIpc) is 2.96. The third kappa shape index (κ3) is 2.78. The fourth-order valence-electron chi connectivity index (χ4n) is 1.94. The van der Waals surface area contributed by atoms with Crippen molar-refractivity contribution >= 4 is 33.1 Å². The molecule has 0 aliphatic rings. The molecule has 0 fully saturated rings. The van der Waals surface area contributed by atoms with Crippen molar-refractivity contribution in [1.29, 1.82) is 0 Å². The Labute approximate surface area is 120 Å². The Balaban J connectivity index is 1.66. The first kappa shape index (κ1) is 12.6. The Kier molecular flexibility index (Phi) is 3.60. The van der Waals surface area contributed by atoms with Gasteiger partial charge in [-0.1, -0.05) is 18.2 Å². The first-order valence-electron chi connectivity index (χ1n) is 6.23. The van der Waals surface area contributed by atoms with Crippen molar-refractivity contribution in [3.63, 3.8) is 0 Å². The van der Waals surface area contributed by atoms with E-state index in [1.165, 1.54) is 0 Å². The minimum absolute atomic E-state index is 0.213. The summed E-state index contributed by atoms with van der Waals surface area (Å²) in [6.07, 6.45) is 3.45. The summed E-state index contributed by atoms with van der Waals surface area (Å²) >= 11 is 1.62. The summed E-state index contributed by atoms with van der Waals surface area (Å²) < 4.78 is 1.09. The van der Waals surface area contributed by atoms with Crippen LogP contribution in [-0.2, 0) is 6.54 Å². The highest BCUT2D eigenvalue weighted by Crippen LogP contribution is 2.28. The van der Waals surface area contributed by atoms with Crippen molar-refractivity contribution in [2.24, 2.45) is 0 Å². The monoisotopic (exact) mass is 283 g/mol. The van der Waals surface area contributed by atoms with E-state index in [9.17, 15) is 4.79 Å². The summed E-state index contributed by atoms with van der Waals surface area (Å²) in [6, 6.07) is 11.5. The Hall–Kier alpha value is -2.40. The van der Waals surface area contributed by atoms with E-state index >= 15 is 0 Å². The van der Waals surface area contributed by atoms with Gasteiger partial charge in [0.25, 0.3) is 0 Å². The van der Waals surface area contributed by atoms with E-state index in [0.717, 1.165) is 21.3 Å². The number of carbonyl (C=O) groups is 1. The van der Waals surface area contributed by atoms with Crippen LogP contribution >= 0.6 is 11.3 Å². The van der Waals surface area contributed by atoms with E-state index < -0.39 is 0 Å². The molecule has 20 heavy (non-hydrogen) atoms. The number of thiophene rings is 1. The van der Waals surface area contributed by atoms with Gasteiger partial charge in [-0.15, -0.1) is 11.3 Å². The lowest BCUT2D eigenvalue weighted by molar-refractivity contribution is 0.252. The number of hydrogen-bond acceptors (Lipinski definition) is 3. The number of benzene rings is 1. The Morgan fingerprint density at radius 2 is 2.15 bits per heavy atom. The molecule has 100 valence electrons. The molecule has 4 nitrogen and oxygen atoms in total. The third-order valence-electron chi connectivity index (χ3n) is 2.90. The predicted molar refractivity (Wildman–Crippen MR) is 81.9 cm³/mol. The molecule has 2 amide bonds. The number of fused-ring (bicyclic) bond motifs is 1. The number of rotatable bonds is 3. The van der Waals surface area contributed by atoms with E-state index in [2.05, 4.69) is 15.6 Å². The Morgan fingerprint density at radius 1 is 1.20 bits per heavy atom. The molecule has 2 heterocycles. The summed E-state index contributed by atoms with van der Waals surface area (Å²) in [7, 11) is 0. The summed E-state index contributed by atoms with van der Waals surface area (Å²) in [4.78, 5) is 15.9. The normalized spacial score (nSPS) is 10.4. The molecule has 0 spiro atoms. The van der Waals surface area contributed by atoms with Crippen molar-refractivity contribution in [3.05, 3.63) is 59.7 Å². The number of urea groups is 1. The molecule has 3 aromatic rings. The Morgan fingerprint density at radius 3 is 3.00 bits per heavy atom. The molecule has 0 radical (unpaired) electrons. The average molecular weight is 283 g/mol. The quantitative estimate of drug-likeness (QED) is 0.771. The zero-order valence-corrected chi connectivity index (χ0v) is 11.5. The number of pyridine rings is 1. The van der Waals surface area contributed by atoms with Crippen LogP contribution in [0.25, 0.3) is 10.1 Å². The number of anilines is 1. The highest BCUT2D eigenvalue weighted by Gasteiger charge is 2.06. The van der Waals surface area contributed by atoms with Gasteiger partial charge >= 0.3 is 6.03 Å². The molecule has 2 aromatic heterocycles. The van der Waals surface area contributed by atoms with Gasteiger partial charge in [-0.3, -0.25) is 4.98 Å². The SMILES string of the molecule is O=C(NCc1cccnc1)Nc1cccc2ccsc12. The number of amides is 2. The predicted octanol–water partition coefficient (Wildman–Crippen LogP) is 3.62. The second-order valence-electron chi connectivity index (χ2n) is 4.31. The third-order valence-corrected chi connectivity index (χ3v) is 3.87. The fourth-order valence-corrected chi connectivity index (χ4v) is 2.81. The number of nitrogens with one attached hydrogen (secondary N) is 2. The first-order chi connectivity index (χ1) is 9.83. The molecule has 3 rings (SSSR count). The maximum Gasteiger partial charge on any atom is 0.319 e. The molecule has 0 aliphatic heterocycles. The second-order valence-corrected chi connectivity index (χ2v) is 5.23. The zero-order chi connectivity index (χ0) is 13.8. The van der Waals surface area contributed by atoms with Crippen LogP contribution in [0.15, 0.2) is 54.2 Å². The van der Waals surface area contributed by atoms with E-state index in [4.69, 9.17) is 0 Å². The largest absolute Gasteiger partial charge is 0.334 e. The van der Waals surface area contributed by atoms with Crippen LogP contribution in [0.1, 0.15) is 5.56 Å². The van der Waals surface area contributed by atoms with Gasteiger partial charge in [0.05, 0.1) is 10.4 Å². The molecule has 0 saturated heterocycles. The number of hydrogen-bond donors (Lipinski definition) is 2. The topological polar surface area (TPSA) is 54.0 Å². The second kappa shape index (κ2) is 5.71. The molecular formula is C15H13N3OS. The van der Waals surface area contributed by atoms with Crippen LogP contribution in [-0.4, -0.2) is 11.0 Å². The van der Waals surface area contributed by atoms with Crippen molar-refractivity contribution in [3.8, 4) is 0 Å². The van der Waals surface area contributed by atoms with Gasteiger partial charge in [-0.05, 0) is 34.5 Å². The van der Waals surface area contributed by atoms with Crippen LogP contribution in [0.5, 0.6) is 0 Å². The fraction of sp³-hybridized carbons (Fsp3) is 0.0667. The zero-order valence-electron chi connectivity index (χ0n) is 10.7. The Bertz CT molecular complexity index is 724. The number of nitrogens with zero attached hydrogens (tertiary/aromatic N) is 1. The molecule has 0 aliphatic carbocycles. The number of carbonyl (C=O) groups excluding carboxylic acids is 1. The van der Waals surface area contributed by atoms with Gasteiger partial charge in [-0.25, -0.2) is 4.79 Å². The van der Waals surface area contributed by atoms with Gasteiger partial charge in [0.1, 0.15) is 0 Å². The lowest BCUT2D eigenvalue weighted by Crippen LogP contribution is -2.28. The maximum absolute atomic E-state index is 11.9. The standard InChI is InChI=1S/C15H13N3OS/c19-15(17-10-11-3-2-7-16-9-11)18-13-5-1-4-12-6-8-20-14(12)13/h1-9H,10H2,(H2,17,18,19). The van der Waals surface area contributed by atoms with Crippen LogP contribution in [0.2, 0.25) is 0 Å². The summed E-state index contributed by atoms with van der Waals surface area (Å²) in [5.74, 6) is 0. The molecule has 2 N–H and O–H groups in total. The molecule has 5 heteroatoms. The maximum atomic E-state index is 11.9. The van der Waals surface area contributed by atoms with Gasteiger partial charge < -0.3 is 10.6 Å². The first-order valence-corrected chi connectivity index (χ1v) is 7.11. The van der Waals surface area contributed by atoms with E-state index in [1.807, 2.05) is 41.8 Å². The lowest BCUT2D eigenvalue weighted by atomic mass is 10.2. The lowest BCUT2D eigenvalue weighted by Gasteiger charge is -2.08. The van der Waals surface area contributed by atoms with Crippen LogP contribution < -0.4 is 10.6 Å². The van der Waals surface area contributed by atoms with Gasteiger partial charge in [-0.2, -0.15) is 0 Å². The van der Waals surface area contributed by atoms with E-state index in [0.29, 0.717) is 6.54 Å². The summed E-state index contributed by atoms with van der Waals surface area (Å²) in [5.41, 5.74) is 1.80. The molecule has 0 unspecified atom stereocenters. The molecule has 0 saturated carbocycles. The molecule has 1 aromatic carbocycles. The minimum Gasteiger partial charge on any atom is -0.334 e. The summed E-state index contributed by atoms with van der Waals surface area (Å²) in [5, 5.41) is 8.86.